The molecule has 2 aliphatic heterocycles. The molecule has 2 aliphatic rings. The van der Waals surface area contributed by atoms with Crippen molar-refractivity contribution < 1.29 is 22.7 Å². The normalized spacial score (nSPS) is 17.9. The Kier molecular flexibility index (Phi) is 8.08. The first-order chi connectivity index (χ1) is 18.1. The van der Waals surface area contributed by atoms with Crippen LogP contribution < -0.4 is 10.2 Å². The number of hydrogen-bond acceptors (Lipinski definition) is 6. The first-order valence-corrected chi connectivity index (χ1v) is 15.8. The van der Waals surface area contributed by atoms with Gasteiger partial charge >= 0.3 is 0 Å². The fourth-order valence-electron chi connectivity index (χ4n) is 4.98. The van der Waals surface area contributed by atoms with Gasteiger partial charge in [0.2, 0.25) is 5.91 Å². The van der Waals surface area contributed by atoms with E-state index in [1.165, 1.54) is 4.31 Å². The lowest BCUT2D eigenvalue weighted by atomic mass is 9.98. The highest BCUT2D eigenvalue weighted by atomic mass is 79.9. The van der Waals surface area contributed by atoms with Crippen molar-refractivity contribution >= 4 is 94.5 Å². The Bertz CT molecular complexity index is 1550. The average molecular weight is 661 g/mol. The lowest BCUT2D eigenvalue weighted by Gasteiger charge is -2.31. The Morgan fingerprint density at radius 2 is 2.05 bits per heavy atom. The largest absolute Gasteiger partial charge is 0.385 e. The third kappa shape index (κ3) is 4.87. The van der Waals surface area contributed by atoms with Crippen molar-refractivity contribution in [1.82, 2.24) is 4.31 Å². The molecule has 1 fully saturated rings. The highest BCUT2D eigenvalue weighted by molar-refractivity contribution is 9.10. The maximum absolute atomic E-state index is 13.4. The number of sulfonamides is 1. The standard InChI is InChI=1S/C25H24BrCl2N3O5S2/c1-36-12-4-11-31-18-9-8-17(15-6-2-7-16(19(15)18)24(31)33)29-23(32)14-5-3-10-30(13-14)38(34,35)25-20(26)21(27)22(28)37-25/h2,6-9,14H,3-5,10-13H2,1H3,(H,29,32). The van der Waals surface area contributed by atoms with Gasteiger partial charge in [-0.05, 0) is 53.4 Å². The molecule has 1 saturated heterocycles. The van der Waals surface area contributed by atoms with Crippen molar-refractivity contribution in [2.24, 2.45) is 5.92 Å². The van der Waals surface area contributed by atoms with E-state index in [2.05, 4.69) is 21.2 Å². The number of nitrogens with zero attached hydrogens (tertiary/aromatic N) is 2. The van der Waals surface area contributed by atoms with Crippen molar-refractivity contribution in [2.75, 3.05) is 43.6 Å². The van der Waals surface area contributed by atoms with Crippen LogP contribution in [0.15, 0.2) is 39.0 Å². The van der Waals surface area contributed by atoms with Crippen LogP contribution in [0.2, 0.25) is 9.36 Å². The number of anilines is 2. The van der Waals surface area contributed by atoms with Crippen molar-refractivity contribution in [3.8, 4) is 0 Å². The molecule has 1 N–H and O–H groups in total. The molecule has 1 unspecified atom stereocenters. The second-order valence-electron chi connectivity index (χ2n) is 9.15. The van der Waals surface area contributed by atoms with E-state index in [0.29, 0.717) is 50.2 Å². The summed E-state index contributed by atoms with van der Waals surface area (Å²) in [6.45, 7) is 1.43. The molecule has 3 heterocycles. The molecule has 0 aliphatic carbocycles. The number of methoxy groups -OCH3 is 1. The Morgan fingerprint density at radius 1 is 1.26 bits per heavy atom. The molecule has 1 atom stereocenters. The molecule has 0 saturated carbocycles. The molecule has 2 aromatic carbocycles. The maximum Gasteiger partial charge on any atom is 0.258 e. The first kappa shape index (κ1) is 27.8. The van der Waals surface area contributed by atoms with E-state index in [0.717, 1.165) is 27.8 Å². The summed E-state index contributed by atoms with van der Waals surface area (Å²) in [7, 11) is -2.26. The third-order valence-electron chi connectivity index (χ3n) is 6.83. The van der Waals surface area contributed by atoms with Crippen molar-refractivity contribution in [3.63, 3.8) is 0 Å². The smallest absolute Gasteiger partial charge is 0.258 e. The van der Waals surface area contributed by atoms with Crippen molar-refractivity contribution in [3.05, 3.63) is 49.7 Å². The average Bonchev–Trinajstić information content (AvgIpc) is 3.34. The second kappa shape index (κ2) is 11.0. The topological polar surface area (TPSA) is 96.0 Å². The van der Waals surface area contributed by atoms with E-state index in [4.69, 9.17) is 27.9 Å². The number of nitrogens with one attached hydrogen (secondary N) is 1. The molecule has 2 amide bonds. The van der Waals surface area contributed by atoms with Gasteiger partial charge in [0, 0.05) is 55.4 Å². The first-order valence-electron chi connectivity index (χ1n) is 12.0. The Balaban J connectivity index is 1.37. The minimum atomic E-state index is -3.89. The van der Waals surface area contributed by atoms with Crippen molar-refractivity contribution in [1.29, 1.82) is 0 Å². The summed E-state index contributed by atoms with van der Waals surface area (Å²) in [6, 6.07) is 9.12. The predicted octanol–water partition coefficient (Wildman–Crippen LogP) is 6.01. The van der Waals surface area contributed by atoms with Gasteiger partial charge < -0.3 is 15.0 Å². The molecule has 13 heteroatoms. The molecule has 3 aromatic rings. The summed E-state index contributed by atoms with van der Waals surface area (Å²) >= 11 is 16.3. The molecule has 202 valence electrons. The zero-order valence-corrected chi connectivity index (χ0v) is 25.0. The van der Waals surface area contributed by atoms with Gasteiger partial charge in [-0.1, -0.05) is 35.3 Å². The molecule has 38 heavy (non-hydrogen) atoms. The number of rotatable bonds is 8. The molecule has 0 radical (unpaired) electrons. The van der Waals surface area contributed by atoms with Crippen LogP contribution in [-0.2, 0) is 19.6 Å². The number of piperidine rings is 1. The summed E-state index contributed by atoms with van der Waals surface area (Å²) < 4.78 is 33.5. The van der Waals surface area contributed by atoms with Gasteiger partial charge in [0.05, 0.1) is 21.1 Å². The van der Waals surface area contributed by atoms with Crippen LogP contribution in [0, 0.1) is 5.92 Å². The zero-order valence-electron chi connectivity index (χ0n) is 20.3. The fourth-order valence-corrected chi connectivity index (χ4v) is 9.91. The summed E-state index contributed by atoms with van der Waals surface area (Å²) in [5.41, 5.74) is 1.99. The van der Waals surface area contributed by atoms with Crippen LogP contribution in [0.5, 0.6) is 0 Å². The molecular formula is C25H24BrCl2N3O5S2. The van der Waals surface area contributed by atoms with Crippen LogP contribution in [-0.4, -0.2) is 57.9 Å². The zero-order chi connectivity index (χ0) is 27.2. The van der Waals surface area contributed by atoms with Gasteiger partial charge in [0.1, 0.15) is 4.34 Å². The second-order valence-corrected chi connectivity index (χ2v) is 14.1. The van der Waals surface area contributed by atoms with Gasteiger partial charge in [-0.15, -0.1) is 11.3 Å². The van der Waals surface area contributed by atoms with E-state index < -0.39 is 15.9 Å². The van der Waals surface area contributed by atoms with Gasteiger partial charge in [-0.25, -0.2) is 8.42 Å². The fraction of sp³-hybridized carbons (Fsp3) is 0.360. The van der Waals surface area contributed by atoms with E-state index in [1.54, 1.807) is 30.2 Å². The molecule has 0 bridgehead atoms. The minimum absolute atomic E-state index is 0.0285. The third-order valence-corrected chi connectivity index (χ3v) is 12.7. The van der Waals surface area contributed by atoms with Crippen LogP contribution in [0.4, 0.5) is 11.4 Å². The predicted molar refractivity (Wildman–Crippen MR) is 154 cm³/mol. The minimum Gasteiger partial charge on any atom is -0.385 e. The molecule has 1 aromatic heterocycles. The quantitative estimate of drug-likeness (QED) is 0.299. The monoisotopic (exact) mass is 659 g/mol. The molecular weight excluding hydrogens is 637 g/mol. The number of carbonyl (C=O) groups excluding carboxylic acids is 2. The van der Waals surface area contributed by atoms with Crippen LogP contribution >= 0.6 is 50.5 Å². The van der Waals surface area contributed by atoms with Gasteiger partial charge in [-0.2, -0.15) is 4.31 Å². The van der Waals surface area contributed by atoms with E-state index in [1.807, 2.05) is 12.1 Å². The summed E-state index contributed by atoms with van der Waals surface area (Å²) in [6.07, 6.45) is 1.80. The Labute approximate surface area is 243 Å². The highest BCUT2D eigenvalue weighted by Crippen LogP contribution is 2.45. The van der Waals surface area contributed by atoms with Crippen LogP contribution in [0.3, 0.4) is 0 Å². The van der Waals surface area contributed by atoms with Gasteiger partial charge in [0.25, 0.3) is 15.9 Å². The van der Waals surface area contributed by atoms with E-state index in [9.17, 15) is 18.0 Å². The lowest BCUT2D eigenvalue weighted by molar-refractivity contribution is -0.120. The van der Waals surface area contributed by atoms with Gasteiger partial charge in [0.15, 0.2) is 4.21 Å². The number of carbonyl (C=O) groups is 2. The number of amides is 2. The van der Waals surface area contributed by atoms with Crippen LogP contribution in [0.1, 0.15) is 29.6 Å². The Morgan fingerprint density at radius 3 is 2.76 bits per heavy atom. The van der Waals surface area contributed by atoms with Crippen molar-refractivity contribution in [2.45, 2.75) is 23.5 Å². The van der Waals surface area contributed by atoms with Crippen LogP contribution in [0.25, 0.3) is 10.8 Å². The van der Waals surface area contributed by atoms with E-state index >= 15 is 0 Å². The molecule has 0 spiro atoms. The summed E-state index contributed by atoms with van der Waals surface area (Å²) in [5, 5.41) is 4.72. The number of ether oxygens (including phenoxy) is 1. The number of thiophene rings is 1. The molecule has 8 nitrogen and oxygen atoms in total. The lowest BCUT2D eigenvalue weighted by Crippen LogP contribution is -2.43. The number of benzene rings is 2. The Hall–Kier alpha value is -1.73. The van der Waals surface area contributed by atoms with Gasteiger partial charge in [-0.3, -0.25) is 9.59 Å². The highest BCUT2D eigenvalue weighted by Gasteiger charge is 2.37. The SMILES string of the molecule is COCCCN1C(=O)c2cccc3c(NC(=O)C4CCCN(S(=O)(=O)c5sc(Cl)c(Cl)c5Br)C4)ccc1c23. The number of halogens is 3. The molecule has 5 rings (SSSR count). The van der Waals surface area contributed by atoms with E-state index in [-0.39, 0.29) is 36.4 Å². The summed E-state index contributed by atoms with van der Waals surface area (Å²) in [4.78, 5) is 28.2. The number of hydrogen-bond donors (Lipinski definition) is 1. The maximum atomic E-state index is 13.4. The summed E-state index contributed by atoms with van der Waals surface area (Å²) in [5.74, 6) is -0.884.